The summed E-state index contributed by atoms with van der Waals surface area (Å²) < 4.78 is 7.40. The first-order chi connectivity index (χ1) is 10.6. The molecule has 8 heteroatoms. The van der Waals surface area contributed by atoms with Crippen molar-refractivity contribution < 1.29 is 9.66 Å². The van der Waals surface area contributed by atoms with Crippen molar-refractivity contribution in [2.24, 2.45) is 0 Å². The summed E-state index contributed by atoms with van der Waals surface area (Å²) in [5, 5.41) is 10.6. The lowest BCUT2D eigenvalue weighted by atomic mass is 10.4. The van der Waals surface area contributed by atoms with Crippen molar-refractivity contribution in [2.45, 2.75) is 6.92 Å². The van der Waals surface area contributed by atoms with Gasteiger partial charge in [0.25, 0.3) is 0 Å². The summed E-state index contributed by atoms with van der Waals surface area (Å²) in [5.41, 5.74) is 0.882. The Labute approximate surface area is 125 Å². The molecule has 0 amide bonds. The molecule has 3 aromatic heterocycles. The van der Waals surface area contributed by atoms with Crippen LogP contribution in [0.15, 0.2) is 49.2 Å². The van der Waals surface area contributed by atoms with Crippen molar-refractivity contribution in [1.29, 1.82) is 0 Å². The average molecular weight is 297 g/mol. The SMILES string of the molecule is Cc1cn(-c2cc(Oc3ccc([N+](=O)[O-])nc3)ccn2)cn1. The van der Waals surface area contributed by atoms with Gasteiger partial charge in [0.15, 0.2) is 11.9 Å². The Hall–Kier alpha value is -3.29. The van der Waals surface area contributed by atoms with E-state index in [-0.39, 0.29) is 5.82 Å². The number of rotatable bonds is 4. The number of imidazole rings is 1. The minimum Gasteiger partial charge on any atom is -0.453 e. The molecule has 0 aliphatic rings. The zero-order valence-electron chi connectivity index (χ0n) is 11.6. The van der Waals surface area contributed by atoms with Gasteiger partial charge in [-0.25, -0.2) is 9.97 Å². The van der Waals surface area contributed by atoms with Crippen LogP contribution >= 0.6 is 0 Å². The monoisotopic (exact) mass is 297 g/mol. The number of hydrogen-bond donors (Lipinski definition) is 0. The van der Waals surface area contributed by atoms with Gasteiger partial charge in [0.2, 0.25) is 0 Å². The lowest BCUT2D eigenvalue weighted by Crippen LogP contribution is -1.95. The number of nitrogens with zero attached hydrogens (tertiary/aromatic N) is 5. The number of aryl methyl sites for hydroxylation is 1. The van der Waals surface area contributed by atoms with Crippen molar-refractivity contribution >= 4 is 5.82 Å². The maximum Gasteiger partial charge on any atom is 0.363 e. The molecule has 0 spiro atoms. The summed E-state index contributed by atoms with van der Waals surface area (Å²) in [7, 11) is 0. The molecule has 0 atom stereocenters. The van der Waals surface area contributed by atoms with E-state index < -0.39 is 4.92 Å². The second-order valence-electron chi connectivity index (χ2n) is 4.48. The zero-order chi connectivity index (χ0) is 15.5. The van der Waals surface area contributed by atoms with Crippen molar-refractivity contribution in [3.05, 3.63) is 65.0 Å². The van der Waals surface area contributed by atoms with Crippen LogP contribution in [0, 0.1) is 17.0 Å². The Morgan fingerprint density at radius 2 is 2.05 bits per heavy atom. The van der Waals surface area contributed by atoms with Crippen molar-refractivity contribution in [1.82, 2.24) is 19.5 Å². The molecule has 0 radical (unpaired) electrons. The van der Waals surface area contributed by atoms with Gasteiger partial charge in [0.1, 0.15) is 17.9 Å². The van der Waals surface area contributed by atoms with E-state index in [1.807, 2.05) is 13.1 Å². The molecular weight excluding hydrogens is 286 g/mol. The molecule has 3 heterocycles. The van der Waals surface area contributed by atoms with Gasteiger partial charge in [-0.05, 0) is 29.0 Å². The van der Waals surface area contributed by atoms with Gasteiger partial charge in [-0.15, -0.1) is 0 Å². The van der Waals surface area contributed by atoms with E-state index in [9.17, 15) is 10.1 Å². The lowest BCUT2D eigenvalue weighted by Gasteiger charge is -2.06. The van der Waals surface area contributed by atoms with Crippen LogP contribution < -0.4 is 4.74 Å². The Balaban J connectivity index is 1.82. The minimum absolute atomic E-state index is 0.225. The molecule has 0 aromatic carbocycles. The van der Waals surface area contributed by atoms with Gasteiger partial charge >= 0.3 is 5.82 Å². The predicted octanol–water partition coefficient (Wildman–Crippen LogP) is 2.67. The fourth-order valence-corrected chi connectivity index (χ4v) is 1.83. The lowest BCUT2D eigenvalue weighted by molar-refractivity contribution is -0.389. The van der Waals surface area contributed by atoms with Gasteiger partial charge in [0, 0.05) is 24.5 Å². The summed E-state index contributed by atoms with van der Waals surface area (Å²) >= 11 is 0. The largest absolute Gasteiger partial charge is 0.453 e. The molecule has 22 heavy (non-hydrogen) atoms. The van der Waals surface area contributed by atoms with Crippen LogP contribution in [0.1, 0.15) is 5.69 Å². The molecule has 0 saturated carbocycles. The highest BCUT2D eigenvalue weighted by Crippen LogP contribution is 2.23. The number of hydrogen-bond acceptors (Lipinski definition) is 6. The van der Waals surface area contributed by atoms with Crippen LogP contribution in [-0.4, -0.2) is 24.4 Å². The first-order valence-electron chi connectivity index (χ1n) is 6.37. The molecule has 0 saturated heterocycles. The van der Waals surface area contributed by atoms with Crippen molar-refractivity contribution in [3.63, 3.8) is 0 Å². The van der Waals surface area contributed by atoms with E-state index in [0.717, 1.165) is 5.69 Å². The molecule has 110 valence electrons. The third kappa shape index (κ3) is 2.90. The van der Waals surface area contributed by atoms with Crippen molar-refractivity contribution in [3.8, 4) is 17.3 Å². The number of aromatic nitrogens is 4. The molecule has 3 rings (SSSR count). The smallest absolute Gasteiger partial charge is 0.363 e. The molecule has 3 aromatic rings. The number of pyridine rings is 2. The summed E-state index contributed by atoms with van der Waals surface area (Å²) in [6, 6.07) is 6.21. The molecule has 0 N–H and O–H groups in total. The first kappa shape index (κ1) is 13.7. The summed E-state index contributed by atoms with van der Waals surface area (Å²) in [5.74, 6) is 1.39. The van der Waals surface area contributed by atoms with Crippen LogP contribution in [0.25, 0.3) is 5.82 Å². The Kier molecular flexibility index (Phi) is 3.48. The summed E-state index contributed by atoms with van der Waals surface area (Å²) in [4.78, 5) is 22.1. The van der Waals surface area contributed by atoms with Crippen LogP contribution in [0.5, 0.6) is 11.5 Å². The Bertz CT molecular complexity index is 813. The van der Waals surface area contributed by atoms with Crippen LogP contribution in [0.4, 0.5) is 5.82 Å². The third-order valence-corrected chi connectivity index (χ3v) is 2.84. The van der Waals surface area contributed by atoms with E-state index in [2.05, 4.69) is 15.0 Å². The molecule has 0 aliphatic heterocycles. The minimum atomic E-state index is -0.560. The number of nitro groups is 1. The van der Waals surface area contributed by atoms with Gasteiger partial charge in [-0.1, -0.05) is 0 Å². The quantitative estimate of drug-likeness (QED) is 0.542. The highest BCUT2D eigenvalue weighted by Gasteiger charge is 2.08. The summed E-state index contributed by atoms with van der Waals surface area (Å²) in [6.07, 6.45) is 6.42. The highest BCUT2D eigenvalue weighted by molar-refractivity contribution is 5.36. The van der Waals surface area contributed by atoms with Gasteiger partial charge < -0.3 is 14.9 Å². The van der Waals surface area contributed by atoms with E-state index in [1.165, 1.54) is 18.3 Å². The molecule has 8 nitrogen and oxygen atoms in total. The van der Waals surface area contributed by atoms with Crippen LogP contribution in [0.3, 0.4) is 0 Å². The zero-order valence-corrected chi connectivity index (χ0v) is 11.6. The molecule has 0 aliphatic carbocycles. The Morgan fingerprint density at radius 3 is 2.68 bits per heavy atom. The van der Waals surface area contributed by atoms with E-state index in [0.29, 0.717) is 17.3 Å². The Morgan fingerprint density at radius 1 is 1.18 bits per heavy atom. The normalized spacial score (nSPS) is 10.4. The second kappa shape index (κ2) is 5.60. The molecule has 0 unspecified atom stereocenters. The average Bonchev–Trinajstić information content (AvgIpc) is 2.95. The van der Waals surface area contributed by atoms with Gasteiger partial charge in [0.05, 0.1) is 5.69 Å². The standard InChI is InChI=1S/C14H11N5O3/c1-10-8-18(9-17-10)14-6-11(4-5-15-14)22-12-2-3-13(16-7-12)19(20)21/h2-9H,1H3. The fraction of sp³-hybridized carbons (Fsp3) is 0.0714. The maximum atomic E-state index is 10.6. The van der Waals surface area contributed by atoms with E-state index in [1.54, 1.807) is 29.2 Å². The molecule has 0 bridgehead atoms. The predicted molar refractivity (Wildman–Crippen MR) is 77.1 cm³/mol. The van der Waals surface area contributed by atoms with Crippen molar-refractivity contribution in [2.75, 3.05) is 0 Å². The highest BCUT2D eigenvalue weighted by atomic mass is 16.6. The fourth-order valence-electron chi connectivity index (χ4n) is 1.83. The van der Waals surface area contributed by atoms with Crippen LogP contribution in [0.2, 0.25) is 0 Å². The number of ether oxygens (including phenoxy) is 1. The summed E-state index contributed by atoms with van der Waals surface area (Å²) in [6.45, 7) is 1.89. The first-order valence-corrected chi connectivity index (χ1v) is 6.37. The second-order valence-corrected chi connectivity index (χ2v) is 4.48. The van der Waals surface area contributed by atoms with E-state index >= 15 is 0 Å². The topological polar surface area (TPSA) is 96.0 Å². The maximum absolute atomic E-state index is 10.6. The third-order valence-electron chi connectivity index (χ3n) is 2.84. The molecule has 0 fully saturated rings. The van der Waals surface area contributed by atoms with Gasteiger partial charge in [-0.3, -0.25) is 4.57 Å². The molecular formula is C14H11N5O3. The van der Waals surface area contributed by atoms with Crippen LogP contribution in [-0.2, 0) is 0 Å². The van der Waals surface area contributed by atoms with Gasteiger partial charge in [-0.2, -0.15) is 0 Å². The van der Waals surface area contributed by atoms with E-state index in [4.69, 9.17) is 4.74 Å².